The molecule has 0 heterocycles. The van der Waals surface area contributed by atoms with Gasteiger partial charge in [0.2, 0.25) is 0 Å². The summed E-state index contributed by atoms with van der Waals surface area (Å²) in [5.41, 5.74) is 3.09. The highest BCUT2D eigenvalue weighted by Gasteiger charge is 2.28. The van der Waals surface area contributed by atoms with Crippen molar-refractivity contribution in [3.05, 3.63) is 39.4 Å². The molecule has 1 rings (SSSR count). The molecule has 9 nitrogen and oxygen atoms in total. The fourth-order valence-corrected chi connectivity index (χ4v) is 1.85. The first kappa shape index (κ1) is 16.2. The Bertz CT molecular complexity index is 573. The molecule has 0 bridgehead atoms. The van der Waals surface area contributed by atoms with Crippen LogP contribution in [0.25, 0.3) is 0 Å². The third-order valence-electron chi connectivity index (χ3n) is 2.41. The minimum atomic E-state index is -2.89. The van der Waals surface area contributed by atoms with Crippen molar-refractivity contribution in [2.24, 2.45) is 5.73 Å². The molecule has 0 fully saturated rings. The summed E-state index contributed by atoms with van der Waals surface area (Å²) in [5, 5.41) is 10.8. The molecule has 0 radical (unpaired) electrons. The van der Waals surface area contributed by atoms with Crippen molar-refractivity contribution in [3.63, 3.8) is 0 Å². The monoisotopic (exact) mass is 303 g/mol. The van der Waals surface area contributed by atoms with Gasteiger partial charge in [-0.2, -0.15) is 0 Å². The number of carbonyl (C=O) groups is 1. The molecule has 2 unspecified atom stereocenters. The molecule has 10 heteroatoms. The number of ether oxygens (including phenoxy) is 1. The Morgan fingerprint density at radius 2 is 2.10 bits per heavy atom. The number of carbonyl (C=O) groups excluding carboxylic acids is 1. The molecule has 0 aliphatic carbocycles. The maximum atomic E-state index is 11.5. The maximum absolute atomic E-state index is 11.5. The van der Waals surface area contributed by atoms with Crippen molar-refractivity contribution in [2.45, 2.75) is 12.6 Å². The first-order valence-electron chi connectivity index (χ1n) is 5.14. The molecule has 2 atom stereocenters. The lowest BCUT2D eigenvalue weighted by molar-refractivity contribution is -0.385. The number of benzene rings is 1. The van der Waals surface area contributed by atoms with Gasteiger partial charge in [0.25, 0.3) is 5.69 Å². The van der Waals surface area contributed by atoms with E-state index in [1.807, 2.05) is 0 Å². The van der Waals surface area contributed by atoms with Gasteiger partial charge in [-0.15, -0.1) is 0 Å². The summed E-state index contributed by atoms with van der Waals surface area (Å²) < 4.78 is 30.0. The van der Waals surface area contributed by atoms with Gasteiger partial charge >= 0.3 is 5.97 Å². The zero-order valence-electron chi connectivity index (χ0n) is 10.5. The zero-order chi connectivity index (χ0) is 15.5. The molecule has 0 saturated heterocycles. The Morgan fingerprint density at radius 3 is 2.55 bits per heavy atom. The second-order valence-corrected chi connectivity index (χ2v) is 4.45. The Morgan fingerprint density at radius 1 is 1.50 bits per heavy atom. The first-order chi connectivity index (χ1) is 9.19. The van der Waals surface area contributed by atoms with Crippen LogP contribution in [0.4, 0.5) is 5.69 Å². The summed E-state index contributed by atoms with van der Waals surface area (Å²) in [6, 6.07) is 3.26. The smallest absolute Gasteiger partial charge is 0.344 e. The highest BCUT2D eigenvalue weighted by atomic mass is 32.2. The van der Waals surface area contributed by atoms with Crippen molar-refractivity contribution < 1.29 is 27.4 Å². The SMILES string of the molecule is COC(=O)c1cc(C(C)(N)OS(=O)[O-])ccc1[N+](=O)[O-]. The van der Waals surface area contributed by atoms with Crippen LogP contribution in [0.1, 0.15) is 22.8 Å². The molecule has 0 aliphatic heterocycles. The zero-order valence-corrected chi connectivity index (χ0v) is 11.3. The van der Waals surface area contributed by atoms with E-state index in [4.69, 9.17) is 5.73 Å². The third kappa shape index (κ3) is 3.57. The normalized spacial score (nSPS) is 15.2. The predicted octanol–water partition coefficient (Wildman–Crippen LogP) is 0.324. The van der Waals surface area contributed by atoms with Crippen LogP contribution < -0.4 is 5.73 Å². The van der Waals surface area contributed by atoms with E-state index >= 15 is 0 Å². The van der Waals surface area contributed by atoms with Crippen LogP contribution in [-0.2, 0) is 26.0 Å². The number of nitro benzene ring substituents is 1. The molecule has 1 aromatic carbocycles. The van der Waals surface area contributed by atoms with Crippen molar-refractivity contribution in [3.8, 4) is 0 Å². The topological polar surface area (TPSA) is 145 Å². The Labute approximate surface area is 116 Å². The standard InChI is InChI=1S/C10H12N2O7S/c1-10(11,19-20(16)17)6-3-4-8(12(14)15)7(5-6)9(13)18-2/h3-5H,11H2,1-2H3,(H,16,17)/p-1. The van der Waals surface area contributed by atoms with E-state index in [0.717, 1.165) is 19.2 Å². The highest BCUT2D eigenvalue weighted by molar-refractivity contribution is 7.74. The van der Waals surface area contributed by atoms with Crippen LogP contribution in [0.5, 0.6) is 0 Å². The van der Waals surface area contributed by atoms with E-state index in [-0.39, 0.29) is 11.1 Å². The van der Waals surface area contributed by atoms with Gasteiger partial charge in [0.1, 0.15) is 5.56 Å². The van der Waals surface area contributed by atoms with Gasteiger partial charge < -0.3 is 9.29 Å². The summed E-state index contributed by atoms with van der Waals surface area (Å²) in [4.78, 5) is 21.6. The van der Waals surface area contributed by atoms with Gasteiger partial charge in [0, 0.05) is 11.6 Å². The van der Waals surface area contributed by atoms with E-state index < -0.39 is 33.7 Å². The van der Waals surface area contributed by atoms with Gasteiger partial charge in [0.05, 0.1) is 23.4 Å². The molecule has 0 spiro atoms. The Kier molecular flexibility index (Phi) is 4.89. The lowest BCUT2D eigenvalue weighted by atomic mass is 10.0. The molecular weight excluding hydrogens is 292 g/mol. The van der Waals surface area contributed by atoms with Gasteiger partial charge in [0.15, 0.2) is 5.72 Å². The minimum Gasteiger partial charge on any atom is -0.750 e. The molecule has 2 N–H and O–H groups in total. The van der Waals surface area contributed by atoms with Crippen LogP contribution in [0.3, 0.4) is 0 Å². The van der Waals surface area contributed by atoms with Gasteiger partial charge in [-0.3, -0.25) is 20.0 Å². The molecule has 20 heavy (non-hydrogen) atoms. The number of nitrogens with two attached hydrogens (primary N) is 1. The van der Waals surface area contributed by atoms with Crippen molar-refractivity contribution in [1.29, 1.82) is 0 Å². The van der Waals surface area contributed by atoms with E-state index in [2.05, 4.69) is 8.92 Å². The van der Waals surface area contributed by atoms with Crippen molar-refractivity contribution in [2.75, 3.05) is 7.11 Å². The highest BCUT2D eigenvalue weighted by Crippen LogP contribution is 2.27. The number of hydrogen-bond acceptors (Lipinski definition) is 8. The lowest BCUT2D eigenvalue weighted by Gasteiger charge is -2.26. The van der Waals surface area contributed by atoms with E-state index in [9.17, 15) is 23.7 Å². The van der Waals surface area contributed by atoms with Gasteiger partial charge in [-0.1, -0.05) is 0 Å². The second kappa shape index (κ2) is 6.05. The van der Waals surface area contributed by atoms with Crippen molar-refractivity contribution in [1.82, 2.24) is 0 Å². The number of nitrogens with zero attached hydrogens (tertiary/aromatic N) is 1. The lowest BCUT2D eigenvalue weighted by Crippen LogP contribution is -2.37. The molecule has 0 aliphatic rings. The number of nitro groups is 1. The summed E-state index contributed by atoms with van der Waals surface area (Å²) in [6.07, 6.45) is 0. The van der Waals surface area contributed by atoms with Crippen LogP contribution >= 0.6 is 0 Å². The van der Waals surface area contributed by atoms with Crippen LogP contribution in [0.15, 0.2) is 18.2 Å². The number of hydrogen-bond donors (Lipinski definition) is 1. The van der Waals surface area contributed by atoms with Crippen LogP contribution in [0, 0.1) is 10.1 Å². The number of rotatable bonds is 5. The fourth-order valence-electron chi connectivity index (χ4n) is 1.47. The second-order valence-electron chi connectivity index (χ2n) is 3.88. The quantitative estimate of drug-likeness (QED) is 0.269. The van der Waals surface area contributed by atoms with Crippen LogP contribution in [0.2, 0.25) is 0 Å². The average Bonchev–Trinajstić information content (AvgIpc) is 2.35. The predicted molar refractivity (Wildman–Crippen MR) is 66.0 cm³/mol. The largest absolute Gasteiger partial charge is 0.750 e. The molecule has 1 aromatic rings. The fraction of sp³-hybridized carbons (Fsp3) is 0.300. The molecule has 0 aromatic heterocycles. The minimum absolute atomic E-state index is 0.0627. The van der Waals surface area contributed by atoms with E-state index in [1.165, 1.54) is 13.0 Å². The molecule has 0 amide bonds. The molecule has 0 saturated carbocycles. The average molecular weight is 303 g/mol. The van der Waals surface area contributed by atoms with E-state index in [0.29, 0.717) is 0 Å². The van der Waals surface area contributed by atoms with Crippen molar-refractivity contribution >= 4 is 23.0 Å². The summed E-state index contributed by atoms with van der Waals surface area (Å²) in [6.45, 7) is 1.23. The van der Waals surface area contributed by atoms with E-state index in [1.54, 1.807) is 0 Å². The summed E-state index contributed by atoms with van der Waals surface area (Å²) in [7, 11) is 1.06. The van der Waals surface area contributed by atoms with Gasteiger partial charge in [-0.25, -0.2) is 9.00 Å². The number of methoxy groups -OCH3 is 1. The van der Waals surface area contributed by atoms with Crippen LogP contribution in [-0.4, -0.2) is 26.8 Å². The Hall–Kier alpha value is -1.88. The first-order valence-corrected chi connectivity index (χ1v) is 6.14. The Balaban J connectivity index is 3.35. The molecular formula is C10H11N2O7S-. The summed E-state index contributed by atoms with van der Waals surface area (Å²) in [5.74, 6) is -0.947. The maximum Gasteiger partial charge on any atom is 0.344 e. The third-order valence-corrected chi connectivity index (χ3v) is 2.90. The molecule has 110 valence electrons. The van der Waals surface area contributed by atoms with Gasteiger partial charge in [-0.05, 0) is 19.1 Å². The summed E-state index contributed by atoms with van der Waals surface area (Å²) >= 11 is -2.89. The number of esters is 1.